The predicted octanol–water partition coefficient (Wildman–Crippen LogP) is -3.49. The first kappa shape index (κ1) is 21.3. The molecule has 8 N–H and O–H groups in total. The molecule has 10 heteroatoms. The summed E-state index contributed by atoms with van der Waals surface area (Å²) in [6.45, 7) is -0.142. The highest BCUT2D eigenvalue weighted by Crippen LogP contribution is 2.33. The number of aliphatic hydroxyl groups is 5. The summed E-state index contributed by atoms with van der Waals surface area (Å²) in [5.41, 5.74) is 5.88. The number of nitrogens with two attached hydrogens (primary N) is 1. The number of rotatable bonds is 6. The zero-order chi connectivity index (χ0) is 19.6. The van der Waals surface area contributed by atoms with E-state index in [1.807, 2.05) is 0 Å². The van der Waals surface area contributed by atoms with Crippen molar-refractivity contribution in [2.24, 2.45) is 17.6 Å². The van der Waals surface area contributed by atoms with Crippen LogP contribution in [0.3, 0.4) is 0 Å². The summed E-state index contributed by atoms with van der Waals surface area (Å²) in [4.78, 5) is 0. The first-order chi connectivity index (χ1) is 13.0. The zero-order valence-corrected chi connectivity index (χ0v) is 15.3. The van der Waals surface area contributed by atoms with E-state index in [0.29, 0.717) is 26.2 Å². The Morgan fingerprint density at radius 1 is 0.852 bits per heavy atom. The van der Waals surface area contributed by atoms with Crippen LogP contribution in [0.25, 0.3) is 0 Å². The third-order valence-electron chi connectivity index (χ3n) is 6.16. The molecule has 0 amide bonds. The summed E-state index contributed by atoms with van der Waals surface area (Å²) >= 11 is 0. The van der Waals surface area contributed by atoms with Crippen LogP contribution >= 0.6 is 0 Å². The highest BCUT2D eigenvalue weighted by Gasteiger charge is 2.47. The number of hydrogen-bond donors (Lipinski definition) is 7. The average Bonchev–Trinajstić information content (AvgIpc) is 2.69. The Hall–Kier alpha value is -0.400. The summed E-state index contributed by atoms with van der Waals surface area (Å²) in [5, 5.41) is 52.8. The molecule has 0 aromatic heterocycles. The number of hydrogen-bond acceptors (Lipinski definition) is 10. The van der Waals surface area contributed by atoms with Gasteiger partial charge in [-0.2, -0.15) is 0 Å². The minimum atomic E-state index is -0.988. The van der Waals surface area contributed by atoms with Crippen LogP contribution in [0.4, 0.5) is 0 Å². The number of fused-ring (bicyclic) bond motifs is 1. The standard InChI is InChI=1S/C17H32N2O8/c18-14-12(5-22)26-10(8(3-20)16(14)23)1-2-11-9(4-21)17(24)15-13(27-11)6-25-7-19-15/h8-17,19-24H,1-7,18H2/t8-,9-,10+,11+,12-,13-,14+,15+,16-,17-/m1/s1. The fraction of sp³-hybridized carbons (Fsp3) is 1.00. The van der Waals surface area contributed by atoms with Gasteiger partial charge in [0.2, 0.25) is 0 Å². The maximum Gasteiger partial charge on any atom is 0.0991 e. The van der Waals surface area contributed by atoms with Crippen LogP contribution in [-0.2, 0) is 14.2 Å². The van der Waals surface area contributed by atoms with Gasteiger partial charge in [-0.25, -0.2) is 0 Å². The van der Waals surface area contributed by atoms with Crippen molar-refractivity contribution in [3.05, 3.63) is 0 Å². The van der Waals surface area contributed by atoms with Crippen molar-refractivity contribution in [3.63, 3.8) is 0 Å². The van der Waals surface area contributed by atoms with E-state index in [-0.39, 0.29) is 32.0 Å². The minimum Gasteiger partial charge on any atom is -0.396 e. The van der Waals surface area contributed by atoms with E-state index in [2.05, 4.69) is 5.32 Å². The van der Waals surface area contributed by atoms with Crippen molar-refractivity contribution in [1.29, 1.82) is 0 Å². The zero-order valence-electron chi connectivity index (χ0n) is 15.3. The maximum atomic E-state index is 10.6. The first-order valence-electron chi connectivity index (χ1n) is 9.58. The van der Waals surface area contributed by atoms with E-state index < -0.39 is 48.4 Å². The average molecular weight is 392 g/mol. The molecule has 3 aliphatic rings. The topological polar surface area (TPSA) is 167 Å². The molecular formula is C17H32N2O8. The van der Waals surface area contributed by atoms with Crippen LogP contribution < -0.4 is 11.1 Å². The van der Waals surface area contributed by atoms with Crippen molar-refractivity contribution in [1.82, 2.24) is 5.32 Å². The van der Waals surface area contributed by atoms with Gasteiger partial charge in [-0.3, -0.25) is 5.32 Å². The molecule has 3 fully saturated rings. The lowest BCUT2D eigenvalue weighted by molar-refractivity contribution is -0.209. The van der Waals surface area contributed by atoms with E-state index in [1.54, 1.807) is 0 Å². The largest absolute Gasteiger partial charge is 0.396 e. The van der Waals surface area contributed by atoms with E-state index in [1.165, 1.54) is 0 Å². The Balaban J connectivity index is 1.64. The number of ether oxygens (including phenoxy) is 3. The van der Waals surface area contributed by atoms with Crippen molar-refractivity contribution >= 4 is 0 Å². The molecule has 0 aromatic carbocycles. The molecule has 0 aliphatic carbocycles. The fourth-order valence-corrected chi connectivity index (χ4v) is 4.49. The predicted molar refractivity (Wildman–Crippen MR) is 92.5 cm³/mol. The van der Waals surface area contributed by atoms with E-state index >= 15 is 0 Å². The Morgan fingerprint density at radius 2 is 1.48 bits per heavy atom. The summed E-state index contributed by atoms with van der Waals surface area (Å²) in [5.74, 6) is -1.04. The first-order valence-corrected chi connectivity index (χ1v) is 9.58. The Kier molecular flexibility index (Phi) is 7.42. The third kappa shape index (κ3) is 4.30. The van der Waals surface area contributed by atoms with Gasteiger partial charge in [-0.15, -0.1) is 0 Å². The molecule has 0 saturated carbocycles. The highest BCUT2D eigenvalue weighted by atomic mass is 16.6. The highest BCUT2D eigenvalue weighted by molar-refractivity contribution is 4.98. The molecule has 3 heterocycles. The van der Waals surface area contributed by atoms with E-state index in [0.717, 1.165) is 0 Å². The molecule has 3 aliphatic heterocycles. The summed E-state index contributed by atoms with van der Waals surface area (Å²) < 4.78 is 17.2. The van der Waals surface area contributed by atoms with Crippen molar-refractivity contribution in [3.8, 4) is 0 Å². The van der Waals surface area contributed by atoms with Crippen LogP contribution in [0.15, 0.2) is 0 Å². The Morgan fingerprint density at radius 3 is 2.11 bits per heavy atom. The third-order valence-corrected chi connectivity index (χ3v) is 6.16. The van der Waals surface area contributed by atoms with Crippen molar-refractivity contribution in [2.75, 3.05) is 33.2 Å². The molecular weight excluding hydrogens is 360 g/mol. The molecule has 10 nitrogen and oxygen atoms in total. The molecule has 27 heavy (non-hydrogen) atoms. The maximum absolute atomic E-state index is 10.6. The van der Waals surface area contributed by atoms with Crippen LogP contribution in [0.1, 0.15) is 12.8 Å². The van der Waals surface area contributed by atoms with Gasteiger partial charge in [-0.05, 0) is 12.8 Å². The monoisotopic (exact) mass is 392 g/mol. The summed E-state index contributed by atoms with van der Waals surface area (Å²) in [7, 11) is 0. The fourth-order valence-electron chi connectivity index (χ4n) is 4.49. The molecule has 0 bridgehead atoms. The Bertz CT molecular complexity index is 472. The van der Waals surface area contributed by atoms with Gasteiger partial charge in [0.05, 0.1) is 81.9 Å². The van der Waals surface area contributed by atoms with Crippen LogP contribution in [-0.4, -0.2) is 107 Å². The Labute approximate surface area is 158 Å². The minimum absolute atomic E-state index is 0.223. The van der Waals surface area contributed by atoms with E-state index in [9.17, 15) is 25.5 Å². The molecule has 0 radical (unpaired) electrons. The van der Waals surface area contributed by atoms with Crippen molar-refractivity contribution in [2.45, 2.75) is 61.5 Å². The van der Waals surface area contributed by atoms with Gasteiger partial charge in [0.25, 0.3) is 0 Å². The van der Waals surface area contributed by atoms with Gasteiger partial charge in [0.1, 0.15) is 0 Å². The second-order valence-corrected chi connectivity index (χ2v) is 7.68. The normalized spacial score (nSPS) is 48.2. The van der Waals surface area contributed by atoms with E-state index in [4.69, 9.17) is 19.9 Å². The molecule has 0 spiro atoms. The molecule has 0 unspecified atom stereocenters. The van der Waals surface area contributed by atoms with Crippen molar-refractivity contribution < 1.29 is 39.7 Å². The lowest BCUT2D eigenvalue weighted by Gasteiger charge is -2.47. The quantitative estimate of drug-likeness (QED) is 0.241. The number of nitrogens with one attached hydrogen (secondary N) is 1. The van der Waals surface area contributed by atoms with Gasteiger partial charge in [0, 0.05) is 11.8 Å². The lowest BCUT2D eigenvalue weighted by Crippen LogP contribution is -2.65. The van der Waals surface area contributed by atoms with Crippen LogP contribution in [0.5, 0.6) is 0 Å². The van der Waals surface area contributed by atoms with Gasteiger partial charge in [0.15, 0.2) is 0 Å². The number of aliphatic hydroxyl groups excluding tert-OH is 5. The molecule has 10 atom stereocenters. The molecule has 0 aromatic rings. The SMILES string of the molecule is N[C@@H]1[C@H](O)[C@H](CO)[C@H](CC[C@@H]2O[C@@H]3COCN[C@@H]3[C@H](O)[C@@H]2CO)O[C@@H]1CO. The van der Waals surface area contributed by atoms with Gasteiger partial charge < -0.3 is 45.5 Å². The van der Waals surface area contributed by atoms with Crippen LogP contribution in [0, 0.1) is 11.8 Å². The second kappa shape index (κ2) is 9.40. The molecule has 158 valence electrons. The molecule has 3 saturated heterocycles. The van der Waals surface area contributed by atoms with Crippen LogP contribution in [0.2, 0.25) is 0 Å². The molecule has 3 rings (SSSR count). The second-order valence-electron chi connectivity index (χ2n) is 7.68. The summed E-state index contributed by atoms with van der Waals surface area (Å²) in [6, 6.07) is -1.06. The summed E-state index contributed by atoms with van der Waals surface area (Å²) in [6.07, 6.45) is -2.84. The smallest absolute Gasteiger partial charge is 0.0991 e. The van der Waals surface area contributed by atoms with Gasteiger partial charge >= 0.3 is 0 Å². The lowest BCUT2D eigenvalue weighted by atomic mass is 9.80. The van der Waals surface area contributed by atoms with Gasteiger partial charge in [-0.1, -0.05) is 0 Å².